The van der Waals surface area contributed by atoms with Crippen LogP contribution < -0.4 is 14.8 Å². The molecule has 0 heterocycles. The maximum absolute atomic E-state index is 14.6. The minimum Gasteiger partial charge on any atom is -0.493 e. The molecule has 1 saturated carbocycles. The highest BCUT2D eigenvalue weighted by Gasteiger charge is 2.23. The average molecular weight is 456 g/mol. The van der Waals surface area contributed by atoms with Gasteiger partial charge in [-0.3, -0.25) is 4.79 Å². The molecule has 0 unspecified atom stereocenters. The van der Waals surface area contributed by atoms with E-state index in [2.05, 4.69) is 10.1 Å². The summed E-state index contributed by atoms with van der Waals surface area (Å²) in [7, 11) is 2.62. The van der Waals surface area contributed by atoms with Crippen molar-refractivity contribution in [2.75, 3.05) is 19.5 Å². The smallest absolute Gasteiger partial charge is 0.337 e. The number of carbonyl (C=O) groups is 2. The minimum absolute atomic E-state index is 0.00460. The van der Waals surface area contributed by atoms with E-state index in [1.54, 1.807) is 0 Å². The average Bonchev–Trinajstić information content (AvgIpc) is 3.23. The van der Waals surface area contributed by atoms with E-state index in [0.29, 0.717) is 0 Å². The van der Waals surface area contributed by atoms with Crippen LogP contribution in [0.15, 0.2) is 24.3 Å². The van der Waals surface area contributed by atoms with E-state index in [1.807, 2.05) is 0 Å². The van der Waals surface area contributed by atoms with Crippen molar-refractivity contribution in [3.63, 3.8) is 0 Å². The van der Waals surface area contributed by atoms with Crippen LogP contribution in [0.1, 0.15) is 46.4 Å². The summed E-state index contributed by atoms with van der Waals surface area (Å²) >= 11 is 12.3. The topological polar surface area (TPSA) is 73.9 Å². The first-order chi connectivity index (χ1) is 14.3. The van der Waals surface area contributed by atoms with Gasteiger partial charge < -0.3 is 19.5 Å². The Morgan fingerprint density at radius 1 is 1.03 bits per heavy atom. The van der Waals surface area contributed by atoms with E-state index in [9.17, 15) is 14.0 Å². The predicted octanol–water partition coefficient (Wildman–Crippen LogP) is 5.50. The summed E-state index contributed by atoms with van der Waals surface area (Å²) in [6.07, 6.45) is 3.88. The number of benzene rings is 2. The Morgan fingerprint density at radius 3 is 2.23 bits per heavy atom. The zero-order chi connectivity index (χ0) is 21.8. The maximum Gasteiger partial charge on any atom is 0.337 e. The van der Waals surface area contributed by atoms with Crippen LogP contribution in [0, 0.1) is 5.82 Å². The monoisotopic (exact) mass is 455 g/mol. The van der Waals surface area contributed by atoms with Crippen LogP contribution in [0.25, 0.3) is 0 Å². The number of rotatable bonds is 6. The van der Waals surface area contributed by atoms with Crippen LogP contribution in [0.5, 0.6) is 11.5 Å². The van der Waals surface area contributed by atoms with Crippen molar-refractivity contribution in [1.29, 1.82) is 0 Å². The van der Waals surface area contributed by atoms with Crippen molar-refractivity contribution in [2.45, 2.75) is 31.8 Å². The molecule has 2 aromatic rings. The van der Waals surface area contributed by atoms with Crippen LogP contribution in [-0.2, 0) is 4.74 Å². The van der Waals surface area contributed by atoms with E-state index in [-0.39, 0.29) is 44.5 Å². The molecule has 1 aliphatic rings. The Bertz CT molecular complexity index is 953. The summed E-state index contributed by atoms with van der Waals surface area (Å²) in [5, 5.41) is 2.50. The van der Waals surface area contributed by atoms with Gasteiger partial charge >= 0.3 is 5.97 Å². The van der Waals surface area contributed by atoms with Gasteiger partial charge in [0.25, 0.3) is 5.91 Å². The van der Waals surface area contributed by atoms with E-state index >= 15 is 0 Å². The fourth-order valence-electron chi connectivity index (χ4n) is 3.26. The van der Waals surface area contributed by atoms with Gasteiger partial charge in [0.05, 0.1) is 47.2 Å². The van der Waals surface area contributed by atoms with Crippen molar-refractivity contribution < 1.29 is 28.2 Å². The number of nitrogens with one attached hydrogen (secondary N) is 1. The van der Waals surface area contributed by atoms with Crippen LogP contribution in [-0.4, -0.2) is 32.2 Å². The highest BCUT2D eigenvalue weighted by molar-refractivity contribution is 6.40. The third kappa shape index (κ3) is 4.79. The van der Waals surface area contributed by atoms with E-state index in [1.165, 1.54) is 32.4 Å². The fourth-order valence-corrected chi connectivity index (χ4v) is 3.84. The number of anilines is 1. The lowest BCUT2D eigenvalue weighted by molar-refractivity contribution is 0.0600. The molecule has 0 spiro atoms. The molecule has 6 nitrogen and oxygen atoms in total. The standard InChI is InChI=1S/C21H20Cl2FNO5/c1-28-17-10-16(24)13(9-18(17)30-12-5-3-4-6-12)20(26)25-19-14(22)7-11(8-15(19)23)21(27)29-2/h7-10,12H,3-6H2,1-2H3,(H,25,26). The molecule has 1 fully saturated rings. The zero-order valence-corrected chi connectivity index (χ0v) is 17.9. The van der Waals surface area contributed by atoms with Gasteiger partial charge in [-0.05, 0) is 43.9 Å². The number of ether oxygens (including phenoxy) is 3. The Kier molecular flexibility index (Phi) is 7.05. The summed E-state index contributed by atoms with van der Waals surface area (Å²) in [5.74, 6) is -1.71. The number of halogens is 3. The Morgan fingerprint density at radius 2 is 1.67 bits per heavy atom. The van der Waals surface area contributed by atoms with Crippen LogP contribution in [0.3, 0.4) is 0 Å². The second kappa shape index (κ2) is 9.53. The van der Waals surface area contributed by atoms with Crippen LogP contribution >= 0.6 is 23.2 Å². The molecule has 0 saturated heterocycles. The molecular weight excluding hydrogens is 436 g/mol. The predicted molar refractivity (Wildman–Crippen MR) is 112 cm³/mol. The molecule has 9 heteroatoms. The SMILES string of the molecule is COC(=O)c1cc(Cl)c(NC(=O)c2cc(OC3CCCC3)c(OC)cc2F)c(Cl)c1. The van der Waals surface area contributed by atoms with E-state index in [0.717, 1.165) is 31.7 Å². The first-order valence-corrected chi connectivity index (χ1v) is 10.0. The molecule has 1 N–H and O–H groups in total. The second-order valence-corrected chi connectivity index (χ2v) is 7.58. The van der Waals surface area contributed by atoms with Crippen LogP contribution in [0.2, 0.25) is 10.0 Å². The molecule has 160 valence electrons. The first kappa shape index (κ1) is 22.2. The molecular formula is C21H20Cl2FNO5. The molecule has 2 aromatic carbocycles. The van der Waals surface area contributed by atoms with Gasteiger partial charge in [-0.1, -0.05) is 23.2 Å². The third-order valence-electron chi connectivity index (χ3n) is 4.80. The molecule has 0 aliphatic heterocycles. The van der Waals surface area contributed by atoms with Crippen molar-refractivity contribution in [1.82, 2.24) is 0 Å². The van der Waals surface area contributed by atoms with Crippen molar-refractivity contribution in [3.05, 3.63) is 51.3 Å². The lowest BCUT2D eigenvalue weighted by Crippen LogP contribution is -2.17. The third-order valence-corrected chi connectivity index (χ3v) is 5.39. The molecule has 0 atom stereocenters. The van der Waals surface area contributed by atoms with Crippen molar-refractivity contribution >= 4 is 40.8 Å². The van der Waals surface area contributed by atoms with E-state index in [4.69, 9.17) is 32.7 Å². The van der Waals surface area contributed by atoms with Gasteiger partial charge in [0, 0.05) is 6.07 Å². The zero-order valence-electron chi connectivity index (χ0n) is 16.4. The van der Waals surface area contributed by atoms with Crippen molar-refractivity contribution in [3.8, 4) is 11.5 Å². The maximum atomic E-state index is 14.6. The first-order valence-electron chi connectivity index (χ1n) is 9.27. The number of methoxy groups -OCH3 is 2. The molecule has 1 amide bonds. The summed E-state index contributed by atoms with van der Waals surface area (Å²) in [4.78, 5) is 24.4. The molecule has 30 heavy (non-hydrogen) atoms. The molecule has 0 radical (unpaired) electrons. The van der Waals surface area contributed by atoms with Gasteiger partial charge in [0.2, 0.25) is 0 Å². The molecule has 3 rings (SSSR count). The highest BCUT2D eigenvalue weighted by atomic mass is 35.5. The highest BCUT2D eigenvalue weighted by Crippen LogP contribution is 2.36. The largest absolute Gasteiger partial charge is 0.493 e. The molecule has 0 aromatic heterocycles. The van der Waals surface area contributed by atoms with Gasteiger partial charge in [-0.2, -0.15) is 0 Å². The van der Waals surface area contributed by atoms with Gasteiger partial charge in [-0.15, -0.1) is 0 Å². The van der Waals surface area contributed by atoms with Gasteiger partial charge in [0.15, 0.2) is 11.5 Å². The number of hydrogen-bond acceptors (Lipinski definition) is 5. The number of amides is 1. The normalized spacial score (nSPS) is 13.8. The second-order valence-electron chi connectivity index (χ2n) is 6.77. The summed E-state index contributed by atoms with van der Waals surface area (Å²) in [5.41, 5.74) is -0.0918. The summed E-state index contributed by atoms with van der Waals surface area (Å²) < 4.78 is 30.3. The summed E-state index contributed by atoms with van der Waals surface area (Å²) in [6, 6.07) is 5.00. The van der Waals surface area contributed by atoms with Crippen LogP contribution in [0.4, 0.5) is 10.1 Å². The Balaban J connectivity index is 1.88. The quantitative estimate of drug-likeness (QED) is 0.581. The Labute approximate surface area is 183 Å². The minimum atomic E-state index is -0.790. The van der Waals surface area contributed by atoms with Gasteiger partial charge in [-0.25, -0.2) is 9.18 Å². The summed E-state index contributed by atoms with van der Waals surface area (Å²) in [6.45, 7) is 0. The number of carbonyl (C=O) groups excluding carboxylic acids is 2. The molecule has 0 bridgehead atoms. The number of esters is 1. The Hall–Kier alpha value is -2.51. The fraction of sp³-hybridized carbons (Fsp3) is 0.333. The van der Waals surface area contributed by atoms with Gasteiger partial charge in [0.1, 0.15) is 5.82 Å². The lowest BCUT2D eigenvalue weighted by atomic mass is 10.1. The van der Waals surface area contributed by atoms with E-state index < -0.39 is 17.7 Å². The lowest BCUT2D eigenvalue weighted by Gasteiger charge is -2.17. The molecule has 1 aliphatic carbocycles. The van der Waals surface area contributed by atoms with Crippen molar-refractivity contribution in [2.24, 2.45) is 0 Å². The number of hydrogen-bond donors (Lipinski definition) is 1.